The van der Waals surface area contributed by atoms with E-state index in [1.807, 2.05) is 0 Å². The highest BCUT2D eigenvalue weighted by atomic mass is 32.2. The third-order valence-corrected chi connectivity index (χ3v) is 4.88. The number of aryl methyl sites for hydroxylation is 2. The number of rotatable bonds is 7. The monoisotopic (exact) mass is 305 g/mol. The lowest BCUT2D eigenvalue weighted by atomic mass is 10.2. The van der Waals surface area contributed by atoms with Crippen molar-refractivity contribution in [3.05, 3.63) is 17.0 Å². The molecule has 0 amide bonds. The van der Waals surface area contributed by atoms with Gasteiger partial charge in [0.15, 0.2) is 0 Å². The summed E-state index contributed by atoms with van der Waals surface area (Å²) >= 11 is 0. The van der Waals surface area contributed by atoms with Crippen molar-refractivity contribution in [3.8, 4) is 0 Å². The van der Waals surface area contributed by atoms with E-state index in [0.717, 1.165) is 8.61 Å². The molecule has 1 rings (SSSR count). The lowest BCUT2D eigenvalue weighted by Gasteiger charge is -2.23. The Hall–Kier alpha value is -1.45. The first-order chi connectivity index (χ1) is 9.16. The minimum absolute atomic E-state index is 0.0798. The first-order valence-electron chi connectivity index (χ1n) is 5.97. The molecule has 0 fully saturated rings. The Balaban J connectivity index is 2.79. The van der Waals surface area contributed by atoms with Crippen molar-refractivity contribution < 1.29 is 22.8 Å². The first-order valence-corrected chi connectivity index (χ1v) is 7.37. The molecular weight excluding hydrogens is 286 g/mol. The van der Waals surface area contributed by atoms with Crippen LogP contribution in [0.5, 0.6) is 0 Å². The van der Waals surface area contributed by atoms with E-state index in [0.29, 0.717) is 17.0 Å². The van der Waals surface area contributed by atoms with Crippen LogP contribution in [0, 0.1) is 13.8 Å². The van der Waals surface area contributed by atoms with Gasteiger partial charge in [-0.1, -0.05) is 5.16 Å². The van der Waals surface area contributed by atoms with Gasteiger partial charge in [-0.25, -0.2) is 0 Å². The van der Waals surface area contributed by atoms with Gasteiger partial charge in [-0.15, -0.1) is 0 Å². The number of nitrogens with zero attached hydrogens (tertiary/aromatic N) is 3. The van der Waals surface area contributed by atoms with Gasteiger partial charge in [-0.2, -0.15) is 17.0 Å². The van der Waals surface area contributed by atoms with Crippen LogP contribution in [0.15, 0.2) is 4.52 Å². The average molecular weight is 305 g/mol. The number of carbonyl (C=O) groups is 1. The zero-order valence-corrected chi connectivity index (χ0v) is 12.8. The van der Waals surface area contributed by atoms with Gasteiger partial charge in [-0.05, 0) is 13.8 Å². The minimum Gasteiger partial charge on any atom is -0.481 e. The fourth-order valence-electron chi connectivity index (χ4n) is 1.64. The molecule has 1 aromatic rings. The Bertz CT molecular complexity index is 561. The molecule has 1 heterocycles. The van der Waals surface area contributed by atoms with E-state index < -0.39 is 16.2 Å². The largest absolute Gasteiger partial charge is 0.481 e. The van der Waals surface area contributed by atoms with Crippen molar-refractivity contribution in [2.75, 3.05) is 20.6 Å². The van der Waals surface area contributed by atoms with Crippen molar-refractivity contribution in [1.29, 1.82) is 0 Å². The lowest BCUT2D eigenvalue weighted by molar-refractivity contribution is -0.137. The van der Waals surface area contributed by atoms with Gasteiger partial charge >= 0.3 is 5.97 Å². The van der Waals surface area contributed by atoms with Crippen LogP contribution in [-0.4, -0.2) is 53.9 Å². The number of aromatic nitrogens is 1. The van der Waals surface area contributed by atoms with E-state index in [2.05, 4.69) is 5.16 Å². The van der Waals surface area contributed by atoms with Crippen molar-refractivity contribution in [3.63, 3.8) is 0 Å². The topological polar surface area (TPSA) is 104 Å². The minimum atomic E-state index is -3.71. The Kier molecular flexibility index (Phi) is 5.26. The standard InChI is InChI=1S/C11H19N3O5S/c1-8-10(9(2)19-12-8)7-14(4)20(17,18)13(3)6-5-11(15)16/h5-7H2,1-4H3,(H,15,16). The second kappa shape index (κ2) is 6.33. The summed E-state index contributed by atoms with van der Waals surface area (Å²) in [6, 6.07) is 0. The Morgan fingerprint density at radius 3 is 2.35 bits per heavy atom. The van der Waals surface area contributed by atoms with E-state index in [1.165, 1.54) is 14.1 Å². The molecular formula is C11H19N3O5S. The summed E-state index contributed by atoms with van der Waals surface area (Å²) in [5.41, 5.74) is 1.35. The van der Waals surface area contributed by atoms with Gasteiger partial charge in [-0.3, -0.25) is 4.79 Å². The maximum Gasteiger partial charge on any atom is 0.304 e. The maximum absolute atomic E-state index is 12.2. The molecule has 0 aromatic carbocycles. The summed E-state index contributed by atoms with van der Waals surface area (Å²) in [4.78, 5) is 10.5. The molecule has 0 saturated heterocycles. The second-order valence-corrected chi connectivity index (χ2v) is 6.67. The normalized spacial score (nSPS) is 12.3. The smallest absolute Gasteiger partial charge is 0.304 e. The third kappa shape index (κ3) is 3.78. The number of aliphatic carboxylic acids is 1. The van der Waals surface area contributed by atoms with Gasteiger partial charge in [0.2, 0.25) is 0 Å². The maximum atomic E-state index is 12.2. The molecule has 8 nitrogen and oxygen atoms in total. The van der Waals surface area contributed by atoms with Gasteiger partial charge in [0.25, 0.3) is 10.2 Å². The SMILES string of the molecule is Cc1noc(C)c1CN(C)S(=O)(=O)N(C)CCC(=O)O. The molecule has 114 valence electrons. The van der Waals surface area contributed by atoms with Gasteiger partial charge in [0, 0.05) is 32.7 Å². The highest BCUT2D eigenvalue weighted by Crippen LogP contribution is 2.17. The van der Waals surface area contributed by atoms with Crippen LogP contribution in [0.2, 0.25) is 0 Å². The van der Waals surface area contributed by atoms with E-state index in [9.17, 15) is 13.2 Å². The highest BCUT2D eigenvalue weighted by molar-refractivity contribution is 7.86. The highest BCUT2D eigenvalue weighted by Gasteiger charge is 2.25. The zero-order valence-electron chi connectivity index (χ0n) is 12.0. The molecule has 1 N–H and O–H groups in total. The van der Waals surface area contributed by atoms with Crippen LogP contribution in [0.1, 0.15) is 23.4 Å². The number of carboxylic acid groups (broad SMARTS) is 1. The molecule has 9 heteroatoms. The molecule has 0 unspecified atom stereocenters. The molecule has 0 spiro atoms. The third-order valence-electron chi connectivity index (χ3n) is 2.99. The summed E-state index contributed by atoms with van der Waals surface area (Å²) in [6.07, 6.45) is -0.241. The second-order valence-electron chi connectivity index (χ2n) is 4.53. The summed E-state index contributed by atoms with van der Waals surface area (Å²) in [5, 5.41) is 12.4. The molecule has 0 aliphatic rings. The van der Waals surface area contributed by atoms with Crippen LogP contribution in [0.4, 0.5) is 0 Å². The van der Waals surface area contributed by atoms with Gasteiger partial charge in [0.05, 0.1) is 12.1 Å². The first kappa shape index (κ1) is 16.6. The Labute approximate surface area is 118 Å². The molecule has 0 aliphatic carbocycles. The predicted molar refractivity (Wildman–Crippen MR) is 71.2 cm³/mol. The molecule has 0 aliphatic heterocycles. The predicted octanol–water partition coefficient (Wildman–Crippen LogP) is 0.375. The van der Waals surface area contributed by atoms with Crippen LogP contribution in [-0.2, 0) is 21.5 Å². The summed E-state index contributed by atoms with van der Waals surface area (Å²) in [6.45, 7) is 3.49. The van der Waals surface area contributed by atoms with E-state index >= 15 is 0 Å². The quantitative estimate of drug-likeness (QED) is 0.780. The van der Waals surface area contributed by atoms with Gasteiger partial charge in [0.1, 0.15) is 5.76 Å². The van der Waals surface area contributed by atoms with Crippen molar-refractivity contribution >= 4 is 16.2 Å². The van der Waals surface area contributed by atoms with E-state index in [-0.39, 0.29) is 19.5 Å². The summed E-state index contributed by atoms with van der Waals surface area (Å²) in [5.74, 6) is -0.474. The summed E-state index contributed by atoms with van der Waals surface area (Å²) in [7, 11) is -0.932. The van der Waals surface area contributed by atoms with Crippen LogP contribution in [0.25, 0.3) is 0 Å². The van der Waals surface area contributed by atoms with Crippen LogP contribution < -0.4 is 0 Å². The molecule has 0 atom stereocenters. The molecule has 0 radical (unpaired) electrons. The van der Waals surface area contributed by atoms with Crippen molar-refractivity contribution in [1.82, 2.24) is 13.8 Å². The van der Waals surface area contributed by atoms with Crippen LogP contribution in [0.3, 0.4) is 0 Å². The number of hydrogen-bond acceptors (Lipinski definition) is 5. The fraction of sp³-hybridized carbons (Fsp3) is 0.636. The van der Waals surface area contributed by atoms with Crippen molar-refractivity contribution in [2.24, 2.45) is 0 Å². The molecule has 1 aromatic heterocycles. The number of carboxylic acids is 1. The zero-order chi connectivity index (χ0) is 15.5. The lowest BCUT2D eigenvalue weighted by Crippen LogP contribution is -2.40. The van der Waals surface area contributed by atoms with Crippen molar-refractivity contribution in [2.45, 2.75) is 26.8 Å². The Morgan fingerprint density at radius 2 is 1.90 bits per heavy atom. The number of hydrogen-bond donors (Lipinski definition) is 1. The molecule has 0 bridgehead atoms. The molecule has 0 saturated carbocycles. The fourth-order valence-corrected chi connectivity index (χ4v) is 2.73. The molecule has 20 heavy (non-hydrogen) atoms. The van der Waals surface area contributed by atoms with E-state index in [4.69, 9.17) is 9.63 Å². The Morgan fingerprint density at radius 1 is 1.30 bits per heavy atom. The van der Waals surface area contributed by atoms with Crippen LogP contribution >= 0.6 is 0 Å². The van der Waals surface area contributed by atoms with Gasteiger partial charge < -0.3 is 9.63 Å². The van der Waals surface area contributed by atoms with E-state index in [1.54, 1.807) is 13.8 Å². The summed E-state index contributed by atoms with van der Waals surface area (Å²) < 4.78 is 31.5. The average Bonchev–Trinajstić information content (AvgIpc) is 2.67.